The van der Waals surface area contributed by atoms with Crippen LogP contribution in [0.4, 0.5) is 0 Å². The van der Waals surface area contributed by atoms with Gasteiger partial charge in [-0.1, -0.05) is 5.16 Å². The third kappa shape index (κ3) is 3.60. The van der Waals surface area contributed by atoms with Gasteiger partial charge in [0.2, 0.25) is 0 Å². The monoisotopic (exact) mass is 356 g/mol. The Morgan fingerprint density at radius 1 is 1.19 bits per heavy atom. The number of nitrogens with zero attached hydrogens (tertiary/aromatic N) is 2. The summed E-state index contributed by atoms with van der Waals surface area (Å²) in [5.74, 6) is 2.68. The molecule has 0 bridgehead atoms. The smallest absolute Gasteiger partial charge is 0.276 e. The van der Waals surface area contributed by atoms with E-state index < -0.39 is 0 Å². The van der Waals surface area contributed by atoms with Crippen molar-refractivity contribution in [1.82, 2.24) is 10.1 Å². The lowest BCUT2D eigenvalue weighted by molar-refractivity contribution is 0.0269. The number of carbonyl (C=O) groups excluding carboxylic acids is 1. The lowest BCUT2D eigenvalue weighted by Gasteiger charge is -2.41. The van der Waals surface area contributed by atoms with Crippen molar-refractivity contribution in [1.29, 1.82) is 0 Å². The van der Waals surface area contributed by atoms with Crippen molar-refractivity contribution in [3.8, 4) is 17.1 Å². The van der Waals surface area contributed by atoms with Gasteiger partial charge in [-0.15, -0.1) is 0 Å². The van der Waals surface area contributed by atoms with Crippen molar-refractivity contribution >= 4 is 5.91 Å². The average Bonchev–Trinajstić information content (AvgIpc) is 3.15. The number of rotatable bonds is 5. The molecular weight excluding hydrogens is 332 g/mol. The lowest BCUT2D eigenvalue weighted by atomic mass is 9.85. The normalized spacial score (nSPS) is 18.6. The van der Waals surface area contributed by atoms with Crippen LogP contribution >= 0.6 is 0 Å². The number of ether oxygens (including phenoxy) is 2. The molecule has 2 saturated heterocycles. The molecule has 2 aliphatic heterocycles. The maximum Gasteiger partial charge on any atom is 0.276 e. The van der Waals surface area contributed by atoms with Gasteiger partial charge in [-0.3, -0.25) is 4.79 Å². The van der Waals surface area contributed by atoms with E-state index in [-0.39, 0.29) is 5.91 Å². The SMILES string of the molecule is COc1ccc(-c2cc(C(=O)N3CC(CC4CCOCC4)C3)no2)cc1. The Morgan fingerprint density at radius 3 is 2.62 bits per heavy atom. The fourth-order valence-electron chi connectivity index (χ4n) is 3.77. The molecule has 0 N–H and O–H groups in total. The van der Waals surface area contributed by atoms with Crippen LogP contribution in [0.5, 0.6) is 5.75 Å². The first-order valence-electron chi connectivity index (χ1n) is 9.21. The Morgan fingerprint density at radius 2 is 1.92 bits per heavy atom. The van der Waals surface area contributed by atoms with Crippen LogP contribution in [0, 0.1) is 11.8 Å². The molecule has 26 heavy (non-hydrogen) atoms. The summed E-state index contributed by atoms with van der Waals surface area (Å²) >= 11 is 0. The second-order valence-electron chi connectivity index (χ2n) is 7.17. The predicted molar refractivity (Wildman–Crippen MR) is 96.0 cm³/mol. The molecule has 1 aromatic heterocycles. The number of aromatic nitrogens is 1. The first-order valence-corrected chi connectivity index (χ1v) is 9.21. The van der Waals surface area contributed by atoms with Gasteiger partial charge < -0.3 is 18.9 Å². The number of amides is 1. The standard InChI is InChI=1S/C20H24N2O4/c1-24-17-4-2-16(3-5-17)19-11-18(21-26-19)20(23)22-12-15(13-22)10-14-6-8-25-9-7-14/h2-5,11,14-15H,6-10,12-13H2,1H3. The molecule has 1 amide bonds. The van der Waals surface area contributed by atoms with Gasteiger partial charge in [0.25, 0.3) is 5.91 Å². The third-order valence-electron chi connectivity index (χ3n) is 5.36. The Balaban J connectivity index is 1.32. The number of methoxy groups -OCH3 is 1. The van der Waals surface area contributed by atoms with Crippen LogP contribution in [-0.2, 0) is 4.74 Å². The van der Waals surface area contributed by atoms with Gasteiger partial charge in [-0.05, 0) is 55.4 Å². The van der Waals surface area contributed by atoms with E-state index in [0.717, 1.165) is 56.4 Å². The molecule has 0 saturated carbocycles. The first kappa shape index (κ1) is 17.1. The summed E-state index contributed by atoms with van der Waals surface area (Å²) in [6.45, 7) is 3.40. The highest BCUT2D eigenvalue weighted by molar-refractivity contribution is 5.93. The second-order valence-corrected chi connectivity index (χ2v) is 7.17. The highest BCUT2D eigenvalue weighted by atomic mass is 16.5. The minimum atomic E-state index is -0.0447. The number of hydrogen-bond acceptors (Lipinski definition) is 5. The van der Waals surface area contributed by atoms with Crippen molar-refractivity contribution in [2.24, 2.45) is 11.8 Å². The van der Waals surface area contributed by atoms with Gasteiger partial charge in [-0.2, -0.15) is 0 Å². The fraction of sp³-hybridized carbons (Fsp3) is 0.500. The summed E-state index contributed by atoms with van der Waals surface area (Å²) in [4.78, 5) is 14.4. The molecule has 1 aromatic carbocycles. The van der Waals surface area contributed by atoms with Gasteiger partial charge in [0.05, 0.1) is 7.11 Å². The third-order valence-corrected chi connectivity index (χ3v) is 5.36. The number of carbonyl (C=O) groups is 1. The van der Waals surface area contributed by atoms with Crippen molar-refractivity contribution in [2.75, 3.05) is 33.4 Å². The topological polar surface area (TPSA) is 64.8 Å². The van der Waals surface area contributed by atoms with Crippen molar-refractivity contribution in [3.05, 3.63) is 36.0 Å². The molecule has 6 heteroatoms. The largest absolute Gasteiger partial charge is 0.497 e. The van der Waals surface area contributed by atoms with Crippen molar-refractivity contribution in [2.45, 2.75) is 19.3 Å². The van der Waals surface area contributed by atoms with Crippen molar-refractivity contribution in [3.63, 3.8) is 0 Å². The molecule has 0 unspecified atom stereocenters. The van der Waals surface area contributed by atoms with E-state index in [1.54, 1.807) is 13.2 Å². The molecule has 2 aromatic rings. The van der Waals surface area contributed by atoms with E-state index in [2.05, 4.69) is 5.16 Å². The summed E-state index contributed by atoms with van der Waals surface area (Å²) in [6.07, 6.45) is 3.50. The molecule has 138 valence electrons. The molecule has 2 fully saturated rings. The molecular formula is C20H24N2O4. The van der Waals surface area contributed by atoms with E-state index >= 15 is 0 Å². The van der Waals surface area contributed by atoms with Crippen LogP contribution in [0.25, 0.3) is 11.3 Å². The first-order chi connectivity index (χ1) is 12.7. The summed E-state index contributed by atoms with van der Waals surface area (Å²) < 4.78 is 15.9. The highest BCUT2D eigenvalue weighted by Gasteiger charge is 2.34. The zero-order valence-electron chi connectivity index (χ0n) is 15.0. The van der Waals surface area contributed by atoms with E-state index in [4.69, 9.17) is 14.0 Å². The zero-order chi connectivity index (χ0) is 17.9. The number of likely N-dealkylation sites (tertiary alicyclic amines) is 1. The Bertz CT molecular complexity index is 743. The minimum absolute atomic E-state index is 0.0447. The van der Waals surface area contributed by atoms with E-state index in [1.807, 2.05) is 29.2 Å². The van der Waals surface area contributed by atoms with Gasteiger partial charge >= 0.3 is 0 Å². The molecule has 0 radical (unpaired) electrons. The number of hydrogen-bond donors (Lipinski definition) is 0. The van der Waals surface area contributed by atoms with Gasteiger partial charge in [-0.25, -0.2) is 0 Å². The molecule has 0 atom stereocenters. The zero-order valence-corrected chi connectivity index (χ0v) is 15.0. The lowest BCUT2D eigenvalue weighted by Crippen LogP contribution is -2.50. The fourth-order valence-corrected chi connectivity index (χ4v) is 3.77. The van der Waals surface area contributed by atoms with Crippen LogP contribution in [-0.4, -0.2) is 49.4 Å². The minimum Gasteiger partial charge on any atom is -0.497 e. The molecule has 0 spiro atoms. The van der Waals surface area contributed by atoms with Crippen LogP contribution in [0.3, 0.4) is 0 Å². The molecule has 0 aliphatic carbocycles. The van der Waals surface area contributed by atoms with E-state index in [0.29, 0.717) is 17.4 Å². The predicted octanol–water partition coefficient (Wildman–Crippen LogP) is 3.24. The average molecular weight is 356 g/mol. The summed E-state index contributed by atoms with van der Waals surface area (Å²) in [5, 5.41) is 3.96. The maximum atomic E-state index is 12.6. The van der Waals surface area contributed by atoms with Crippen LogP contribution in [0.15, 0.2) is 34.9 Å². The van der Waals surface area contributed by atoms with Crippen LogP contribution < -0.4 is 4.74 Å². The van der Waals surface area contributed by atoms with Gasteiger partial charge in [0, 0.05) is 37.9 Å². The van der Waals surface area contributed by atoms with E-state index in [9.17, 15) is 4.79 Å². The Kier molecular flexibility index (Phi) is 4.93. The Labute approximate surface area is 153 Å². The molecule has 4 rings (SSSR count). The molecule has 3 heterocycles. The summed E-state index contributed by atoms with van der Waals surface area (Å²) in [5.41, 5.74) is 1.25. The van der Waals surface area contributed by atoms with Gasteiger partial charge in [0.1, 0.15) is 5.75 Å². The second kappa shape index (κ2) is 7.50. The van der Waals surface area contributed by atoms with Crippen LogP contribution in [0.2, 0.25) is 0 Å². The van der Waals surface area contributed by atoms with E-state index in [1.165, 1.54) is 6.42 Å². The molecule has 2 aliphatic rings. The summed E-state index contributed by atoms with van der Waals surface area (Å²) in [6, 6.07) is 9.21. The number of benzene rings is 1. The maximum absolute atomic E-state index is 12.6. The molecule has 6 nitrogen and oxygen atoms in total. The quantitative estimate of drug-likeness (QED) is 0.823. The Hall–Kier alpha value is -2.34. The van der Waals surface area contributed by atoms with Crippen molar-refractivity contribution < 1.29 is 18.8 Å². The van der Waals surface area contributed by atoms with Gasteiger partial charge in [0.15, 0.2) is 11.5 Å². The highest BCUT2D eigenvalue weighted by Crippen LogP contribution is 2.30. The summed E-state index contributed by atoms with van der Waals surface area (Å²) in [7, 11) is 1.63. The van der Waals surface area contributed by atoms with Crippen LogP contribution in [0.1, 0.15) is 29.8 Å².